The molecule has 1 nitrogen and oxygen atoms in total. The monoisotopic (exact) mass is 254 g/mol. The number of halogens is 2. The molecule has 0 saturated heterocycles. The number of aryl methyl sites for hydroxylation is 1. The summed E-state index contributed by atoms with van der Waals surface area (Å²) in [7, 11) is 0. The number of aliphatic hydroxyl groups is 1. The number of benzene rings is 1. The van der Waals surface area contributed by atoms with Crippen LogP contribution in [-0.2, 0) is 5.60 Å². The van der Waals surface area contributed by atoms with Crippen molar-refractivity contribution in [1.29, 1.82) is 0 Å². The molecule has 0 bridgehead atoms. The number of hydrogen-bond donors (Lipinski definition) is 1. The maximum absolute atomic E-state index is 14.0. The molecule has 1 aliphatic rings. The van der Waals surface area contributed by atoms with Gasteiger partial charge in [-0.15, -0.1) is 0 Å². The lowest BCUT2D eigenvalue weighted by Gasteiger charge is -2.39. The summed E-state index contributed by atoms with van der Waals surface area (Å²) in [6, 6.07) is 3.06. The summed E-state index contributed by atoms with van der Waals surface area (Å²) in [5, 5.41) is 10.6. The Morgan fingerprint density at radius 1 is 1.17 bits per heavy atom. The summed E-state index contributed by atoms with van der Waals surface area (Å²) < 4.78 is 27.6. The van der Waals surface area contributed by atoms with Crippen LogP contribution in [0, 0.1) is 30.4 Å². The SMILES string of the molecule is Cc1ccc(C2(O)CCC(C)C(C)C2)c(F)c1F. The van der Waals surface area contributed by atoms with Crippen molar-refractivity contribution in [2.75, 3.05) is 0 Å². The van der Waals surface area contributed by atoms with Crippen molar-refractivity contribution in [1.82, 2.24) is 0 Å². The van der Waals surface area contributed by atoms with Crippen LogP contribution in [0.5, 0.6) is 0 Å². The molecule has 18 heavy (non-hydrogen) atoms. The van der Waals surface area contributed by atoms with Crippen LogP contribution in [0.25, 0.3) is 0 Å². The van der Waals surface area contributed by atoms with Crippen molar-refractivity contribution in [2.45, 2.75) is 45.6 Å². The standard InChI is InChI=1S/C15H20F2O/c1-9-6-7-15(18,8-11(9)3)12-5-4-10(2)13(16)14(12)17/h4-5,9,11,18H,6-8H2,1-3H3. The lowest BCUT2D eigenvalue weighted by Crippen LogP contribution is -2.36. The van der Waals surface area contributed by atoms with Gasteiger partial charge >= 0.3 is 0 Å². The molecule has 3 unspecified atom stereocenters. The first-order valence-electron chi connectivity index (χ1n) is 6.52. The molecule has 0 spiro atoms. The second-order valence-electron chi connectivity index (χ2n) is 5.79. The summed E-state index contributed by atoms with van der Waals surface area (Å²) in [5.74, 6) is -0.900. The molecule has 1 aromatic carbocycles. The molecule has 3 atom stereocenters. The summed E-state index contributed by atoms with van der Waals surface area (Å²) in [6.45, 7) is 5.71. The predicted molar refractivity (Wildman–Crippen MR) is 67.2 cm³/mol. The number of rotatable bonds is 1. The van der Waals surface area contributed by atoms with Gasteiger partial charge in [-0.2, -0.15) is 0 Å². The van der Waals surface area contributed by atoms with Gasteiger partial charge < -0.3 is 5.11 Å². The minimum absolute atomic E-state index is 0.115. The fourth-order valence-corrected chi connectivity index (χ4v) is 2.84. The Balaban J connectivity index is 2.39. The second-order valence-corrected chi connectivity index (χ2v) is 5.79. The van der Waals surface area contributed by atoms with Crippen molar-refractivity contribution in [3.8, 4) is 0 Å². The molecule has 0 aromatic heterocycles. The Morgan fingerprint density at radius 2 is 1.83 bits per heavy atom. The van der Waals surface area contributed by atoms with Gasteiger partial charge in [-0.25, -0.2) is 8.78 Å². The van der Waals surface area contributed by atoms with Gasteiger partial charge in [0.15, 0.2) is 11.6 Å². The Bertz CT molecular complexity index is 458. The highest BCUT2D eigenvalue weighted by Crippen LogP contribution is 2.43. The van der Waals surface area contributed by atoms with Crippen molar-refractivity contribution >= 4 is 0 Å². The van der Waals surface area contributed by atoms with Gasteiger partial charge in [0, 0.05) is 5.56 Å². The molecular formula is C15H20F2O. The van der Waals surface area contributed by atoms with Crippen molar-refractivity contribution in [3.05, 3.63) is 34.9 Å². The molecule has 1 aliphatic carbocycles. The topological polar surface area (TPSA) is 20.2 Å². The van der Waals surface area contributed by atoms with E-state index in [1.165, 1.54) is 19.1 Å². The van der Waals surface area contributed by atoms with Gasteiger partial charge in [0.1, 0.15) is 0 Å². The lowest BCUT2D eigenvalue weighted by atomic mass is 9.70. The predicted octanol–water partition coefficient (Wildman–Crippen LogP) is 3.92. The third-order valence-electron chi connectivity index (χ3n) is 4.42. The summed E-state index contributed by atoms with van der Waals surface area (Å²) in [4.78, 5) is 0. The zero-order chi connectivity index (χ0) is 13.5. The average molecular weight is 254 g/mol. The quantitative estimate of drug-likeness (QED) is 0.805. The highest BCUT2D eigenvalue weighted by molar-refractivity contribution is 5.30. The normalized spacial score (nSPS) is 32.6. The highest BCUT2D eigenvalue weighted by atomic mass is 19.2. The van der Waals surface area contributed by atoms with Crippen molar-refractivity contribution < 1.29 is 13.9 Å². The third-order valence-corrected chi connectivity index (χ3v) is 4.42. The molecule has 1 N–H and O–H groups in total. The third kappa shape index (κ3) is 2.16. The van der Waals surface area contributed by atoms with Crippen LogP contribution < -0.4 is 0 Å². The molecule has 1 fully saturated rings. The van der Waals surface area contributed by atoms with E-state index in [0.29, 0.717) is 24.7 Å². The molecule has 2 rings (SSSR count). The van der Waals surface area contributed by atoms with Crippen LogP contribution in [0.4, 0.5) is 8.78 Å². The molecule has 0 aliphatic heterocycles. The average Bonchev–Trinajstić information content (AvgIpc) is 2.31. The van der Waals surface area contributed by atoms with Gasteiger partial charge in [-0.3, -0.25) is 0 Å². The molecule has 0 radical (unpaired) electrons. The maximum atomic E-state index is 14.0. The zero-order valence-corrected chi connectivity index (χ0v) is 11.1. The summed E-state index contributed by atoms with van der Waals surface area (Å²) in [6.07, 6.45) is 1.83. The molecule has 0 amide bonds. The lowest BCUT2D eigenvalue weighted by molar-refractivity contribution is -0.0366. The minimum Gasteiger partial charge on any atom is -0.385 e. The van der Waals surface area contributed by atoms with E-state index in [4.69, 9.17) is 0 Å². The molecule has 3 heteroatoms. The van der Waals surface area contributed by atoms with E-state index in [2.05, 4.69) is 13.8 Å². The van der Waals surface area contributed by atoms with Gasteiger partial charge in [0.25, 0.3) is 0 Å². The van der Waals surface area contributed by atoms with Crippen LogP contribution >= 0.6 is 0 Å². The first-order valence-corrected chi connectivity index (χ1v) is 6.52. The minimum atomic E-state index is -1.22. The Kier molecular flexibility index (Phi) is 3.45. The maximum Gasteiger partial charge on any atom is 0.165 e. The van der Waals surface area contributed by atoms with E-state index in [0.717, 1.165) is 6.42 Å². The van der Waals surface area contributed by atoms with Gasteiger partial charge in [-0.05, 0) is 43.6 Å². The fourth-order valence-electron chi connectivity index (χ4n) is 2.84. The van der Waals surface area contributed by atoms with Crippen LogP contribution in [0.2, 0.25) is 0 Å². The number of hydrogen-bond acceptors (Lipinski definition) is 1. The van der Waals surface area contributed by atoms with E-state index in [1.54, 1.807) is 0 Å². The second kappa shape index (κ2) is 4.61. The highest BCUT2D eigenvalue weighted by Gasteiger charge is 2.39. The van der Waals surface area contributed by atoms with Crippen LogP contribution in [0.3, 0.4) is 0 Å². The Labute approximate surface area is 107 Å². The smallest absolute Gasteiger partial charge is 0.165 e. The zero-order valence-electron chi connectivity index (χ0n) is 11.1. The van der Waals surface area contributed by atoms with Gasteiger partial charge in [-0.1, -0.05) is 26.0 Å². The molecular weight excluding hydrogens is 234 g/mol. The van der Waals surface area contributed by atoms with Crippen LogP contribution in [0.1, 0.15) is 44.2 Å². The Morgan fingerprint density at radius 3 is 2.44 bits per heavy atom. The van der Waals surface area contributed by atoms with E-state index >= 15 is 0 Å². The summed E-state index contributed by atoms with van der Waals surface area (Å²) in [5.41, 5.74) is -0.827. The van der Waals surface area contributed by atoms with Crippen molar-refractivity contribution in [2.24, 2.45) is 11.8 Å². The molecule has 1 saturated carbocycles. The van der Waals surface area contributed by atoms with E-state index < -0.39 is 17.2 Å². The largest absolute Gasteiger partial charge is 0.385 e. The van der Waals surface area contributed by atoms with Gasteiger partial charge in [0.05, 0.1) is 5.60 Å². The summed E-state index contributed by atoms with van der Waals surface area (Å²) >= 11 is 0. The fraction of sp³-hybridized carbons (Fsp3) is 0.600. The van der Waals surface area contributed by atoms with E-state index in [-0.39, 0.29) is 11.1 Å². The van der Waals surface area contributed by atoms with Crippen LogP contribution in [0.15, 0.2) is 12.1 Å². The first-order chi connectivity index (χ1) is 8.35. The molecule has 1 aromatic rings. The van der Waals surface area contributed by atoms with Crippen molar-refractivity contribution in [3.63, 3.8) is 0 Å². The Hall–Kier alpha value is -0.960. The molecule has 0 heterocycles. The molecule has 100 valence electrons. The first kappa shape index (κ1) is 13.5. The van der Waals surface area contributed by atoms with E-state index in [9.17, 15) is 13.9 Å². The van der Waals surface area contributed by atoms with Gasteiger partial charge in [0.2, 0.25) is 0 Å². The van der Waals surface area contributed by atoms with Crippen LogP contribution in [-0.4, -0.2) is 5.11 Å². The van der Waals surface area contributed by atoms with E-state index in [1.807, 2.05) is 0 Å².